The van der Waals surface area contributed by atoms with E-state index in [1.807, 2.05) is 4.90 Å². The molecule has 2 aromatic rings. The summed E-state index contributed by atoms with van der Waals surface area (Å²) in [6.07, 6.45) is 3.22. The van der Waals surface area contributed by atoms with Gasteiger partial charge in [0.05, 0.1) is 10.0 Å². The number of hydrogen-bond acceptors (Lipinski definition) is 2. The van der Waals surface area contributed by atoms with Gasteiger partial charge in [0.15, 0.2) is 0 Å². The standard InChI is InChI=1S/C19H18Cl2N2O2/c20-16-8-7-15(12-17(16)21)22-18(24)13-5-4-6-14(11-13)19(25)23-9-2-1-3-10-23/h4-8,11-12H,1-3,9-10H2,(H,22,24). The third kappa shape index (κ3) is 4.33. The number of piperidine rings is 1. The van der Waals surface area contributed by atoms with Crippen molar-refractivity contribution in [2.24, 2.45) is 0 Å². The lowest BCUT2D eigenvalue weighted by molar-refractivity contribution is 0.0724. The zero-order valence-corrected chi connectivity index (χ0v) is 15.1. The number of carbonyl (C=O) groups is 2. The molecule has 0 unspecified atom stereocenters. The second kappa shape index (κ2) is 7.89. The van der Waals surface area contributed by atoms with Crippen LogP contribution in [0.15, 0.2) is 42.5 Å². The van der Waals surface area contributed by atoms with Gasteiger partial charge in [0, 0.05) is 29.9 Å². The number of hydrogen-bond donors (Lipinski definition) is 1. The molecule has 1 saturated heterocycles. The van der Waals surface area contributed by atoms with Crippen LogP contribution in [0.25, 0.3) is 0 Å². The van der Waals surface area contributed by atoms with Crippen LogP contribution in [0.3, 0.4) is 0 Å². The molecule has 1 fully saturated rings. The van der Waals surface area contributed by atoms with Gasteiger partial charge in [0.25, 0.3) is 11.8 Å². The van der Waals surface area contributed by atoms with Crippen molar-refractivity contribution in [2.75, 3.05) is 18.4 Å². The maximum Gasteiger partial charge on any atom is 0.255 e. The quantitative estimate of drug-likeness (QED) is 0.830. The van der Waals surface area contributed by atoms with Crippen molar-refractivity contribution in [3.63, 3.8) is 0 Å². The summed E-state index contributed by atoms with van der Waals surface area (Å²) in [7, 11) is 0. The normalized spacial score (nSPS) is 14.2. The van der Waals surface area contributed by atoms with Crippen LogP contribution in [0.1, 0.15) is 40.0 Å². The third-order valence-corrected chi connectivity index (χ3v) is 4.93. The molecule has 3 rings (SSSR count). The van der Waals surface area contributed by atoms with Crippen molar-refractivity contribution in [2.45, 2.75) is 19.3 Å². The van der Waals surface area contributed by atoms with Crippen LogP contribution in [-0.4, -0.2) is 29.8 Å². The maximum absolute atomic E-state index is 12.6. The van der Waals surface area contributed by atoms with E-state index in [-0.39, 0.29) is 11.8 Å². The van der Waals surface area contributed by atoms with Gasteiger partial charge in [-0.25, -0.2) is 0 Å². The fourth-order valence-corrected chi connectivity index (χ4v) is 3.15. The van der Waals surface area contributed by atoms with Crippen LogP contribution in [-0.2, 0) is 0 Å². The number of nitrogens with zero attached hydrogens (tertiary/aromatic N) is 1. The Hall–Kier alpha value is -2.04. The molecular weight excluding hydrogens is 359 g/mol. The third-order valence-electron chi connectivity index (χ3n) is 4.19. The Morgan fingerprint density at radius 3 is 2.32 bits per heavy atom. The molecule has 4 nitrogen and oxygen atoms in total. The smallest absolute Gasteiger partial charge is 0.255 e. The van der Waals surface area contributed by atoms with Gasteiger partial charge in [-0.2, -0.15) is 0 Å². The van der Waals surface area contributed by atoms with Crippen LogP contribution in [0.2, 0.25) is 10.0 Å². The van der Waals surface area contributed by atoms with E-state index in [0.29, 0.717) is 26.9 Å². The van der Waals surface area contributed by atoms with Crippen molar-refractivity contribution in [1.82, 2.24) is 4.90 Å². The Kier molecular flexibility index (Phi) is 5.61. The van der Waals surface area contributed by atoms with E-state index >= 15 is 0 Å². The van der Waals surface area contributed by atoms with Gasteiger partial charge in [-0.15, -0.1) is 0 Å². The van der Waals surface area contributed by atoms with Crippen molar-refractivity contribution in [1.29, 1.82) is 0 Å². The largest absolute Gasteiger partial charge is 0.339 e. The monoisotopic (exact) mass is 376 g/mol. The molecule has 1 heterocycles. The van der Waals surface area contributed by atoms with Crippen LogP contribution in [0, 0.1) is 0 Å². The molecule has 6 heteroatoms. The first-order valence-corrected chi connectivity index (χ1v) is 8.96. The molecule has 0 aromatic heterocycles. The highest BCUT2D eigenvalue weighted by Crippen LogP contribution is 2.25. The number of rotatable bonds is 3. The highest BCUT2D eigenvalue weighted by Gasteiger charge is 2.19. The number of carbonyl (C=O) groups excluding carboxylic acids is 2. The summed E-state index contributed by atoms with van der Waals surface area (Å²) in [5, 5.41) is 3.56. The lowest BCUT2D eigenvalue weighted by atomic mass is 10.1. The average molecular weight is 377 g/mol. The minimum atomic E-state index is -0.299. The van der Waals surface area contributed by atoms with E-state index in [2.05, 4.69) is 5.32 Å². The second-order valence-electron chi connectivity index (χ2n) is 6.02. The number of halogens is 2. The van der Waals surface area contributed by atoms with Gasteiger partial charge >= 0.3 is 0 Å². The van der Waals surface area contributed by atoms with Crippen LogP contribution in [0.4, 0.5) is 5.69 Å². The predicted molar refractivity (Wildman–Crippen MR) is 101 cm³/mol. The van der Waals surface area contributed by atoms with Crippen molar-refractivity contribution < 1.29 is 9.59 Å². The van der Waals surface area contributed by atoms with Crippen LogP contribution < -0.4 is 5.32 Å². The highest BCUT2D eigenvalue weighted by molar-refractivity contribution is 6.42. The van der Waals surface area contributed by atoms with E-state index < -0.39 is 0 Å². The van der Waals surface area contributed by atoms with Crippen molar-refractivity contribution in [3.05, 3.63) is 63.6 Å². The second-order valence-corrected chi connectivity index (χ2v) is 6.83. The first-order valence-electron chi connectivity index (χ1n) is 8.20. The van der Waals surface area contributed by atoms with E-state index in [1.165, 1.54) is 0 Å². The molecule has 0 saturated carbocycles. The molecule has 2 aromatic carbocycles. The molecular formula is C19H18Cl2N2O2. The molecule has 130 valence electrons. The Bertz CT molecular complexity index is 802. The van der Waals surface area contributed by atoms with Crippen molar-refractivity contribution >= 4 is 40.7 Å². The Balaban J connectivity index is 1.74. The first-order chi connectivity index (χ1) is 12.0. The predicted octanol–water partition coefficient (Wildman–Crippen LogP) is 4.87. The van der Waals surface area contributed by atoms with E-state index in [0.717, 1.165) is 32.4 Å². The lowest BCUT2D eigenvalue weighted by Crippen LogP contribution is -2.35. The minimum absolute atomic E-state index is 0.0242. The zero-order chi connectivity index (χ0) is 17.8. The summed E-state index contributed by atoms with van der Waals surface area (Å²) in [5.74, 6) is -0.324. The van der Waals surface area contributed by atoms with Gasteiger partial charge < -0.3 is 10.2 Å². The highest BCUT2D eigenvalue weighted by atomic mass is 35.5. The minimum Gasteiger partial charge on any atom is -0.339 e. The molecule has 0 spiro atoms. The van der Waals surface area contributed by atoms with Crippen LogP contribution >= 0.6 is 23.2 Å². The van der Waals surface area contributed by atoms with E-state index in [1.54, 1.807) is 42.5 Å². The summed E-state index contributed by atoms with van der Waals surface area (Å²) in [6.45, 7) is 1.55. The van der Waals surface area contributed by atoms with E-state index in [9.17, 15) is 9.59 Å². The molecule has 25 heavy (non-hydrogen) atoms. The first kappa shape index (κ1) is 17.8. The number of anilines is 1. The molecule has 0 atom stereocenters. The average Bonchev–Trinajstić information content (AvgIpc) is 2.65. The SMILES string of the molecule is O=C(Nc1ccc(Cl)c(Cl)c1)c1cccc(C(=O)N2CCCCC2)c1. The summed E-state index contributed by atoms with van der Waals surface area (Å²) < 4.78 is 0. The molecule has 0 bridgehead atoms. The molecule has 1 aliphatic rings. The molecule has 1 N–H and O–H groups in total. The fourth-order valence-electron chi connectivity index (χ4n) is 2.85. The zero-order valence-electron chi connectivity index (χ0n) is 13.6. The summed E-state index contributed by atoms with van der Waals surface area (Å²) >= 11 is 11.8. The molecule has 0 aliphatic carbocycles. The van der Waals surface area contributed by atoms with Gasteiger partial charge in [-0.1, -0.05) is 29.3 Å². The summed E-state index contributed by atoms with van der Waals surface area (Å²) in [6, 6.07) is 11.7. The molecule has 2 amide bonds. The van der Waals surface area contributed by atoms with Crippen LogP contribution in [0.5, 0.6) is 0 Å². The Morgan fingerprint density at radius 2 is 1.60 bits per heavy atom. The van der Waals surface area contributed by atoms with Gasteiger partial charge in [0.1, 0.15) is 0 Å². The topological polar surface area (TPSA) is 49.4 Å². The lowest BCUT2D eigenvalue weighted by Gasteiger charge is -2.26. The fraction of sp³-hybridized carbons (Fsp3) is 0.263. The Morgan fingerprint density at radius 1 is 0.880 bits per heavy atom. The number of amides is 2. The maximum atomic E-state index is 12.6. The summed E-state index contributed by atoms with van der Waals surface area (Å²) in [5.41, 5.74) is 1.50. The number of benzene rings is 2. The van der Waals surface area contributed by atoms with Gasteiger partial charge in [0.2, 0.25) is 0 Å². The van der Waals surface area contributed by atoms with Gasteiger partial charge in [-0.3, -0.25) is 9.59 Å². The van der Waals surface area contributed by atoms with Crippen molar-refractivity contribution in [3.8, 4) is 0 Å². The number of likely N-dealkylation sites (tertiary alicyclic amines) is 1. The molecule has 1 aliphatic heterocycles. The van der Waals surface area contributed by atoms with E-state index in [4.69, 9.17) is 23.2 Å². The number of nitrogens with one attached hydrogen (secondary N) is 1. The summed E-state index contributed by atoms with van der Waals surface area (Å²) in [4.78, 5) is 26.9. The molecule has 0 radical (unpaired) electrons. The van der Waals surface area contributed by atoms with Gasteiger partial charge in [-0.05, 0) is 55.7 Å². The Labute approximate surface area is 156 Å².